The predicted molar refractivity (Wildman–Crippen MR) is 71.2 cm³/mol. The first-order valence-electron chi connectivity index (χ1n) is 5.21. The van der Waals surface area contributed by atoms with Crippen LogP contribution in [0.1, 0.15) is 6.92 Å². The van der Waals surface area contributed by atoms with Crippen LogP contribution >= 0.6 is 23.4 Å². The van der Waals surface area contributed by atoms with Gasteiger partial charge in [0.1, 0.15) is 12.7 Å². The minimum absolute atomic E-state index is 0.120. The largest absolute Gasteiger partial charge is 0.351 e. The summed E-state index contributed by atoms with van der Waals surface area (Å²) in [6, 6.07) is 0.238. The molecule has 0 aliphatic carbocycles. The topological polar surface area (TPSA) is 81.4 Å². The molecule has 2 aromatic rings. The Bertz CT molecular complexity index is 504. The van der Waals surface area contributed by atoms with Crippen molar-refractivity contribution in [1.82, 2.24) is 29.7 Å². The van der Waals surface area contributed by atoms with Gasteiger partial charge < -0.3 is 5.32 Å². The maximum Gasteiger partial charge on any atom is 0.258 e. The van der Waals surface area contributed by atoms with Crippen molar-refractivity contribution in [2.75, 3.05) is 17.3 Å². The fourth-order valence-electron chi connectivity index (χ4n) is 1.33. The molecule has 0 saturated heterocycles. The fraction of sp³-hybridized carbons (Fsp3) is 0.444. The Kier molecular flexibility index (Phi) is 4.32. The third-order valence-electron chi connectivity index (χ3n) is 2.01. The molecule has 0 radical (unpaired) electrons. The first-order chi connectivity index (χ1) is 8.69. The number of anilines is 1. The lowest BCUT2D eigenvalue weighted by molar-refractivity contribution is 0.785. The van der Waals surface area contributed by atoms with Crippen LogP contribution in [0.25, 0.3) is 5.95 Å². The maximum absolute atomic E-state index is 5.86. The van der Waals surface area contributed by atoms with E-state index < -0.39 is 0 Å². The lowest BCUT2D eigenvalue weighted by Crippen LogP contribution is -2.20. The highest BCUT2D eigenvalue weighted by Crippen LogP contribution is 2.10. The monoisotopic (exact) mass is 285 g/mol. The van der Waals surface area contributed by atoms with E-state index in [0.29, 0.717) is 11.9 Å². The summed E-state index contributed by atoms with van der Waals surface area (Å²) in [6.07, 6.45) is 4.95. The Morgan fingerprint density at radius 3 is 2.94 bits per heavy atom. The molecule has 1 atom stereocenters. The van der Waals surface area contributed by atoms with Gasteiger partial charge >= 0.3 is 0 Å². The maximum atomic E-state index is 5.86. The number of nitrogens with one attached hydrogen (secondary N) is 1. The van der Waals surface area contributed by atoms with Crippen molar-refractivity contribution in [2.45, 2.75) is 13.0 Å². The minimum atomic E-state index is 0.120. The van der Waals surface area contributed by atoms with Gasteiger partial charge in [0.05, 0.1) is 0 Å². The third kappa shape index (κ3) is 3.30. The van der Waals surface area contributed by atoms with Crippen LogP contribution in [0.15, 0.2) is 12.7 Å². The number of nitrogens with zero attached hydrogens (tertiary/aromatic N) is 6. The SMILES string of the molecule is CSCC(C)Nc1nc(Cl)nc(-n2cncn2)n1. The van der Waals surface area contributed by atoms with Crippen LogP contribution in [0, 0.1) is 0 Å². The van der Waals surface area contributed by atoms with Crippen molar-refractivity contribution in [3.63, 3.8) is 0 Å². The minimum Gasteiger partial charge on any atom is -0.351 e. The number of aromatic nitrogens is 6. The van der Waals surface area contributed by atoms with Gasteiger partial charge in [-0.1, -0.05) is 0 Å². The second-order valence-electron chi connectivity index (χ2n) is 3.57. The van der Waals surface area contributed by atoms with E-state index in [-0.39, 0.29) is 11.3 Å². The van der Waals surface area contributed by atoms with E-state index in [9.17, 15) is 0 Å². The molecule has 2 heterocycles. The molecule has 0 amide bonds. The molecule has 0 fully saturated rings. The molecule has 0 aromatic carbocycles. The standard InChI is InChI=1S/C9H12ClN7S/c1-6(3-18-2)13-8-14-7(10)15-9(16-8)17-5-11-4-12-17/h4-6H,3H2,1-2H3,(H,13,14,15,16). The molecule has 0 bridgehead atoms. The normalized spacial score (nSPS) is 12.4. The van der Waals surface area contributed by atoms with Gasteiger partial charge in [-0.25, -0.2) is 4.98 Å². The van der Waals surface area contributed by atoms with E-state index in [0.717, 1.165) is 5.75 Å². The van der Waals surface area contributed by atoms with Gasteiger partial charge in [-0.2, -0.15) is 36.5 Å². The van der Waals surface area contributed by atoms with Crippen molar-refractivity contribution in [3.05, 3.63) is 17.9 Å². The van der Waals surface area contributed by atoms with E-state index in [2.05, 4.69) is 30.4 Å². The summed E-state index contributed by atoms with van der Waals surface area (Å²) in [5, 5.41) is 7.22. The molecule has 2 rings (SSSR count). The van der Waals surface area contributed by atoms with E-state index in [1.807, 2.05) is 13.2 Å². The molecule has 1 N–H and O–H groups in total. The van der Waals surface area contributed by atoms with Crippen molar-refractivity contribution in [3.8, 4) is 5.95 Å². The van der Waals surface area contributed by atoms with Gasteiger partial charge in [-0.3, -0.25) is 0 Å². The highest BCUT2D eigenvalue weighted by molar-refractivity contribution is 7.98. The summed E-state index contributed by atoms with van der Waals surface area (Å²) in [7, 11) is 0. The molecular formula is C9H12ClN7S. The van der Waals surface area contributed by atoms with Gasteiger partial charge in [0, 0.05) is 11.8 Å². The second kappa shape index (κ2) is 5.96. The first kappa shape index (κ1) is 13.0. The Labute approximate surface area is 113 Å². The van der Waals surface area contributed by atoms with Crippen LogP contribution in [0.5, 0.6) is 0 Å². The summed E-state index contributed by atoms with van der Waals surface area (Å²) in [6.45, 7) is 2.04. The van der Waals surface area contributed by atoms with E-state index in [1.165, 1.54) is 17.3 Å². The highest BCUT2D eigenvalue weighted by Gasteiger charge is 2.09. The van der Waals surface area contributed by atoms with Crippen molar-refractivity contribution in [1.29, 1.82) is 0 Å². The molecule has 9 heteroatoms. The van der Waals surface area contributed by atoms with Crippen LogP contribution < -0.4 is 5.32 Å². The molecule has 18 heavy (non-hydrogen) atoms. The van der Waals surface area contributed by atoms with Crippen molar-refractivity contribution in [2.24, 2.45) is 0 Å². The van der Waals surface area contributed by atoms with Crippen molar-refractivity contribution < 1.29 is 0 Å². The Morgan fingerprint density at radius 1 is 1.44 bits per heavy atom. The van der Waals surface area contributed by atoms with E-state index in [1.54, 1.807) is 11.8 Å². The van der Waals surface area contributed by atoms with E-state index >= 15 is 0 Å². The number of thioether (sulfide) groups is 1. The van der Waals surface area contributed by atoms with Crippen LogP contribution in [-0.2, 0) is 0 Å². The lowest BCUT2D eigenvalue weighted by atomic mass is 10.4. The molecule has 1 unspecified atom stereocenters. The quantitative estimate of drug-likeness (QED) is 0.886. The summed E-state index contributed by atoms with van der Waals surface area (Å²) in [5.41, 5.74) is 0. The fourth-order valence-corrected chi connectivity index (χ4v) is 2.07. The average molecular weight is 286 g/mol. The van der Waals surface area contributed by atoms with Crippen LogP contribution in [0.4, 0.5) is 5.95 Å². The van der Waals surface area contributed by atoms with Crippen LogP contribution in [0.3, 0.4) is 0 Å². The second-order valence-corrected chi connectivity index (χ2v) is 4.82. The Morgan fingerprint density at radius 2 is 2.28 bits per heavy atom. The third-order valence-corrected chi connectivity index (χ3v) is 3.01. The zero-order valence-electron chi connectivity index (χ0n) is 9.91. The van der Waals surface area contributed by atoms with Gasteiger partial charge in [-0.05, 0) is 24.8 Å². The lowest BCUT2D eigenvalue weighted by Gasteiger charge is -2.12. The Hall–Kier alpha value is -1.41. The van der Waals surface area contributed by atoms with Crippen molar-refractivity contribution >= 4 is 29.3 Å². The number of hydrogen-bond acceptors (Lipinski definition) is 7. The number of rotatable bonds is 5. The van der Waals surface area contributed by atoms with Gasteiger partial charge in [0.25, 0.3) is 5.95 Å². The van der Waals surface area contributed by atoms with Gasteiger partial charge in [-0.15, -0.1) is 0 Å². The van der Waals surface area contributed by atoms with Crippen LogP contribution in [0.2, 0.25) is 5.28 Å². The summed E-state index contributed by atoms with van der Waals surface area (Å²) < 4.78 is 1.43. The smallest absolute Gasteiger partial charge is 0.258 e. The Balaban J connectivity index is 2.22. The zero-order valence-corrected chi connectivity index (χ0v) is 11.5. The summed E-state index contributed by atoms with van der Waals surface area (Å²) in [4.78, 5) is 16.1. The molecule has 0 aliphatic rings. The molecule has 0 aliphatic heterocycles. The molecule has 2 aromatic heterocycles. The van der Waals surface area contributed by atoms with Gasteiger partial charge in [0.15, 0.2) is 0 Å². The van der Waals surface area contributed by atoms with Gasteiger partial charge in [0.2, 0.25) is 11.2 Å². The summed E-state index contributed by atoms with van der Waals surface area (Å²) >= 11 is 7.60. The molecule has 96 valence electrons. The van der Waals surface area contributed by atoms with Crippen LogP contribution in [-0.4, -0.2) is 47.8 Å². The molecule has 0 spiro atoms. The zero-order chi connectivity index (χ0) is 13.0. The van der Waals surface area contributed by atoms with E-state index in [4.69, 9.17) is 11.6 Å². The molecule has 0 saturated carbocycles. The average Bonchev–Trinajstić information content (AvgIpc) is 2.81. The number of halogens is 1. The molecular weight excluding hydrogens is 274 g/mol. The molecule has 7 nitrogen and oxygen atoms in total. The number of hydrogen-bond donors (Lipinski definition) is 1. The summed E-state index contributed by atoms with van der Waals surface area (Å²) in [5.74, 6) is 1.72. The predicted octanol–water partition coefficient (Wildman–Crippen LogP) is 1.27. The highest BCUT2D eigenvalue weighted by atomic mass is 35.5. The first-order valence-corrected chi connectivity index (χ1v) is 6.98.